The number of hydrogen-bond acceptors (Lipinski definition) is 2. The number of fused-ring (bicyclic) bond motifs is 6. The monoisotopic (exact) mass is 823 g/mol. The fourth-order valence-corrected chi connectivity index (χ4v) is 9.40. The van der Waals surface area contributed by atoms with Gasteiger partial charge < -0.3 is 9.32 Å². The Morgan fingerprint density at radius 1 is 0.475 bits per heavy atom. The van der Waals surface area contributed by atoms with Gasteiger partial charge in [-0.2, -0.15) is 26.3 Å². The van der Waals surface area contributed by atoms with Crippen LogP contribution in [0.5, 0.6) is 0 Å². The summed E-state index contributed by atoms with van der Waals surface area (Å²) in [6.45, 7) is 11.4. The average Bonchev–Trinajstić information content (AvgIpc) is 3.75. The number of nitrogens with zero attached hydrogens (tertiary/aromatic N) is 1. The molecule has 0 saturated carbocycles. The molecule has 0 bridgehead atoms. The van der Waals surface area contributed by atoms with E-state index in [4.69, 9.17) is 4.42 Å². The molecule has 0 fully saturated rings. The normalized spacial score (nSPS) is 14.0. The number of furan rings is 1. The molecule has 308 valence electrons. The van der Waals surface area contributed by atoms with Crippen LogP contribution >= 0.6 is 0 Å². The Balaban J connectivity index is 1.39. The van der Waals surface area contributed by atoms with Crippen LogP contribution in [0.1, 0.15) is 63.8 Å². The van der Waals surface area contributed by atoms with Crippen molar-refractivity contribution in [2.75, 3.05) is 4.90 Å². The largest absolute Gasteiger partial charge is 0.456 e. The molecule has 1 heterocycles. The molecule has 0 spiro atoms. The van der Waals surface area contributed by atoms with Crippen LogP contribution in [0.4, 0.5) is 43.4 Å². The van der Waals surface area contributed by atoms with Gasteiger partial charge in [-0.3, -0.25) is 0 Å². The lowest BCUT2D eigenvalue weighted by molar-refractivity contribution is -0.287. The molecule has 1 aliphatic rings. The number of halogens is 6. The van der Waals surface area contributed by atoms with E-state index < -0.39 is 39.7 Å². The number of alkyl halides is 6. The molecule has 8 heteroatoms. The van der Waals surface area contributed by atoms with Crippen LogP contribution in [0.3, 0.4) is 0 Å². The Morgan fingerprint density at radius 2 is 1.00 bits per heavy atom. The molecule has 7 aromatic carbocycles. The predicted molar refractivity (Wildman–Crippen MR) is 235 cm³/mol. The van der Waals surface area contributed by atoms with Crippen molar-refractivity contribution in [2.45, 2.75) is 70.1 Å². The smallest absolute Gasteiger partial charge is 0.411 e. The van der Waals surface area contributed by atoms with Crippen LogP contribution in [0.15, 0.2) is 156 Å². The van der Waals surface area contributed by atoms with Crippen LogP contribution in [-0.4, -0.2) is 12.4 Å². The fourth-order valence-electron chi connectivity index (χ4n) is 9.40. The third-order valence-electron chi connectivity index (χ3n) is 12.0. The number of rotatable bonds is 5. The zero-order chi connectivity index (χ0) is 43.3. The van der Waals surface area contributed by atoms with Crippen molar-refractivity contribution in [3.63, 3.8) is 0 Å². The van der Waals surface area contributed by atoms with Crippen molar-refractivity contribution in [2.24, 2.45) is 0 Å². The first-order chi connectivity index (χ1) is 28.8. The second kappa shape index (κ2) is 13.9. The van der Waals surface area contributed by atoms with Crippen molar-refractivity contribution in [1.82, 2.24) is 0 Å². The molecular formula is C53H43F6NO. The minimum atomic E-state index is -5.73. The van der Waals surface area contributed by atoms with Gasteiger partial charge in [0.2, 0.25) is 5.41 Å². The Hall–Kier alpha value is -6.28. The second-order valence-corrected chi connectivity index (χ2v) is 17.9. The fraction of sp³-hybridized carbons (Fsp3) is 0.208. The van der Waals surface area contributed by atoms with Gasteiger partial charge in [0.1, 0.15) is 11.2 Å². The summed E-state index contributed by atoms with van der Waals surface area (Å²) in [5.41, 5.74) is -0.143. The summed E-state index contributed by atoms with van der Waals surface area (Å²) in [4.78, 5) is 1.86. The maximum Gasteiger partial charge on any atom is 0.411 e. The van der Waals surface area contributed by atoms with Gasteiger partial charge in [-0.05, 0) is 97.3 Å². The van der Waals surface area contributed by atoms with Gasteiger partial charge in [0.25, 0.3) is 0 Å². The van der Waals surface area contributed by atoms with Crippen molar-refractivity contribution in [3.05, 3.63) is 174 Å². The van der Waals surface area contributed by atoms with Gasteiger partial charge in [-0.25, -0.2) is 0 Å². The first kappa shape index (κ1) is 40.1. The van der Waals surface area contributed by atoms with Gasteiger partial charge in [-0.1, -0.05) is 157 Å². The highest BCUT2D eigenvalue weighted by Crippen LogP contribution is 2.67. The maximum absolute atomic E-state index is 15.9. The number of benzene rings is 7. The summed E-state index contributed by atoms with van der Waals surface area (Å²) in [5.74, 6) is 0. The third kappa shape index (κ3) is 6.24. The van der Waals surface area contributed by atoms with Gasteiger partial charge in [-0.15, -0.1) is 0 Å². The second-order valence-electron chi connectivity index (χ2n) is 17.9. The predicted octanol–water partition coefficient (Wildman–Crippen LogP) is 16.4. The molecule has 0 atom stereocenters. The summed E-state index contributed by atoms with van der Waals surface area (Å²) in [6, 6.07) is 45.1. The minimum absolute atomic E-state index is 0.0889. The molecule has 0 radical (unpaired) electrons. The summed E-state index contributed by atoms with van der Waals surface area (Å²) < 4.78 is 101. The molecule has 9 rings (SSSR count). The van der Waals surface area contributed by atoms with Crippen LogP contribution in [-0.2, 0) is 16.2 Å². The molecule has 0 aliphatic heterocycles. The molecule has 2 nitrogen and oxygen atoms in total. The summed E-state index contributed by atoms with van der Waals surface area (Å²) in [5, 5.41) is 1.90. The van der Waals surface area contributed by atoms with Gasteiger partial charge in [0.05, 0.1) is 5.69 Å². The highest BCUT2D eigenvalue weighted by Gasteiger charge is 2.76. The van der Waals surface area contributed by atoms with Crippen LogP contribution < -0.4 is 4.90 Å². The topological polar surface area (TPSA) is 16.4 Å². The third-order valence-corrected chi connectivity index (χ3v) is 12.0. The number of hydrogen-bond donors (Lipinski definition) is 0. The van der Waals surface area contributed by atoms with Crippen molar-refractivity contribution < 1.29 is 30.8 Å². The van der Waals surface area contributed by atoms with E-state index in [1.807, 2.05) is 168 Å². The Labute approximate surface area is 351 Å². The average molecular weight is 824 g/mol. The molecule has 61 heavy (non-hydrogen) atoms. The summed E-state index contributed by atoms with van der Waals surface area (Å²) in [7, 11) is 0. The summed E-state index contributed by atoms with van der Waals surface area (Å²) >= 11 is 0. The Kier molecular flexibility index (Phi) is 9.13. The van der Waals surface area contributed by atoms with Crippen molar-refractivity contribution >= 4 is 39.0 Å². The van der Waals surface area contributed by atoms with Crippen molar-refractivity contribution in [3.8, 4) is 33.4 Å². The highest BCUT2D eigenvalue weighted by atomic mass is 19.4. The van der Waals surface area contributed by atoms with Crippen LogP contribution in [0.25, 0.3) is 55.3 Å². The minimum Gasteiger partial charge on any atom is -0.456 e. The Bertz CT molecular complexity index is 2930. The highest BCUT2D eigenvalue weighted by molar-refractivity contribution is 6.12. The van der Waals surface area contributed by atoms with E-state index in [9.17, 15) is 0 Å². The van der Waals surface area contributed by atoms with Gasteiger partial charge >= 0.3 is 12.4 Å². The standard InChI is InChI=1S/C53H43F6NO/c1-49(2,3)42-31-41-46(38-17-10-12-20-40(38)51(41,52(54,55)56)53(57,58)59)48(47(42)50(4,5)6)60(35-27-23-33(24-28-35)32-15-8-7-9-16-32)36-29-25-34(26-30-36)37-19-14-22-44-45(37)39-18-11-13-21-43(39)61-44/h7-31H,1-6H3. The summed E-state index contributed by atoms with van der Waals surface area (Å²) in [6.07, 6.45) is -11.5. The molecular weight excluding hydrogens is 781 g/mol. The van der Waals surface area contributed by atoms with Crippen LogP contribution in [0, 0.1) is 0 Å². The quantitative estimate of drug-likeness (QED) is 0.161. The number of anilines is 3. The van der Waals surface area contributed by atoms with E-state index in [1.165, 1.54) is 24.3 Å². The molecule has 1 aliphatic carbocycles. The van der Waals surface area contributed by atoms with E-state index in [2.05, 4.69) is 0 Å². The van der Waals surface area contributed by atoms with E-state index >= 15 is 26.3 Å². The molecule has 0 N–H and O–H groups in total. The lowest BCUT2D eigenvalue weighted by Gasteiger charge is -2.41. The van der Waals surface area contributed by atoms with Gasteiger partial charge in [0.15, 0.2) is 0 Å². The molecule has 0 amide bonds. The Morgan fingerprint density at radius 3 is 1.61 bits per heavy atom. The zero-order valence-electron chi connectivity index (χ0n) is 34.6. The maximum atomic E-state index is 15.9. The van der Waals surface area contributed by atoms with E-state index in [1.54, 1.807) is 0 Å². The zero-order valence-corrected chi connectivity index (χ0v) is 34.6. The first-order valence-corrected chi connectivity index (χ1v) is 20.2. The molecule has 0 saturated heterocycles. The van der Waals surface area contributed by atoms with E-state index in [-0.39, 0.29) is 16.8 Å². The van der Waals surface area contributed by atoms with E-state index in [0.29, 0.717) is 22.5 Å². The van der Waals surface area contributed by atoms with Crippen LogP contribution in [0.2, 0.25) is 0 Å². The number of para-hydroxylation sites is 1. The van der Waals surface area contributed by atoms with Crippen molar-refractivity contribution in [1.29, 1.82) is 0 Å². The molecule has 0 unspecified atom stereocenters. The molecule has 8 aromatic rings. The lowest BCUT2D eigenvalue weighted by Crippen LogP contribution is -2.53. The molecule has 1 aromatic heterocycles. The lowest BCUT2D eigenvalue weighted by atomic mass is 9.69. The first-order valence-electron chi connectivity index (χ1n) is 20.2. The van der Waals surface area contributed by atoms with Gasteiger partial charge in [0, 0.05) is 27.7 Å². The van der Waals surface area contributed by atoms with E-state index in [0.717, 1.165) is 50.3 Å². The SMILES string of the molecule is CC(C)(C)c1cc2c(c(N(c3ccc(-c4ccccc4)cc3)c3ccc(-c4cccc5oc6ccccc6c45)cc3)c1C(C)(C)C)-c1ccccc1C2(C(F)(F)F)C(F)(F)F.